The van der Waals surface area contributed by atoms with E-state index in [1.54, 1.807) is 24.3 Å². The molecule has 0 saturated heterocycles. The van der Waals surface area contributed by atoms with Crippen molar-refractivity contribution in [3.05, 3.63) is 123 Å². The second kappa shape index (κ2) is 12.6. The van der Waals surface area contributed by atoms with Gasteiger partial charge in [0.1, 0.15) is 5.25 Å². The predicted octanol–water partition coefficient (Wildman–Crippen LogP) is 6.41. The molecule has 0 aliphatic heterocycles. The molecule has 0 spiro atoms. The van der Waals surface area contributed by atoms with Crippen molar-refractivity contribution in [2.45, 2.75) is 10.1 Å². The van der Waals surface area contributed by atoms with Crippen LogP contribution in [0, 0.1) is 3.57 Å². The molecule has 196 valence electrons. The maximum absolute atomic E-state index is 13.3. The van der Waals surface area contributed by atoms with Gasteiger partial charge in [0, 0.05) is 19.8 Å². The van der Waals surface area contributed by atoms with E-state index in [0.717, 1.165) is 15.2 Å². The van der Waals surface area contributed by atoms with Gasteiger partial charge in [0.2, 0.25) is 5.91 Å². The molecule has 0 fully saturated rings. The molecule has 4 aromatic carbocycles. The van der Waals surface area contributed by atoms with E-state index in [9.17, 15) is 24.3 Å². The Balaban J connectivity index is 1.56. The molecule has 4 N–H and O–H groups in total. The molecule has 0 aliphatic carbocycles. The third-order valence-corrected chi connectivity index (χ3v) is 7.51. The summed E-state index contributed by atoms with van der Waals surface area (Å²) >= 11 is 3.49. The van der Waals surface area contributed by atoms with Gasteiger partial charge in [-0.25, -0.2) is 9.59 Å². The van der Waals surface area contributed by atoms with Crippen LogP contribution in [0.25, 0.3) is 0 Å². The van der Waals surface area contributed by atoms with Crippen LogP contribution < -0.4 is 10.6 Å². The lowest BCUT2D eigenvalue weighted by Crippen LogP contribution is -2.19. The fourth-order valence-electron chi connectivity index (χ4n) is 3.68. The molecule has 8 nitrogen and oxygen atoms in total. The number of carbonyl (C=O) groups is 4. The highest BCUT2D eigenvalue weighted by atomic mass is 127. The molecule has 4 rings (SSSR count). The number of benzene rings is 4. The van der Waals surface area contributed by atoms with Crippen LogP contribution in [0.5, 0.6) is 0 Å². The quantitative estimate of drug-likeness (QED) is 0.121. The zero-order valence-corrected chi connectivity index (χ0v) is 23.1. The van der Waals surface area contributed by atoms with E-state index in [2.05, 4.69) is 33.2 Å². The maximum Gasteiger partial charge on any atom is 0.336 e. The number of rotatable bonds is 9. The first-order valence-electron chi connectivity index (χ1n) is 11.5. The highest BCUT2D eigenvalue weighted by Crippen LogP contribution is 2.37. The van der Waals surface area contributed by atoms with Gasteiger partial charge in [0.25, 0.3) is 5.91 Å². The Morgan fingerprint density at radius 1 is 0.692 bits per heavy atom. The lowest BCUT2D eigenvalue weighted by atomic mass is 10.0. The van der Waals surface area contributed by atoms with Crippen molar-refractivity contribution in [2.24, 2.45) is 0 Å². The summed E-state index contributed by atoms with van der Waals surface area (Å²) in [6.45, 7) is 0. The summed E-state index contributed by atoms with van der Waals surface area (Å²) in [5, 5.41) is 23.7. The Hall–Kier alpha value is -4.16. The smallest absolute Gasteiger partial charge is 0.336 e. The number of nitrogens with one attached hydrogen (secondary N) is 2. The summed E-state index contributed by atoms with van der Waals surface area (Å²) in [6, 6.07) is 26.9. The van der Waals surface area contributed by atoms with E-state index in [0.29, 0.717) is 16.3 Å². The number of carboxylic acid groups (broad SMARTS) is 2. The molecule has 0 radical (unpaired) electrons. The first kappa shape index (κ1) is 27.9. The van der Waals surface area contributed by atoms with Crippen molar-refractivity contribution in [1.29, 1.82) is 0 Å². The first-order chi connectivity index (χ1) is 18.7. The number of halogens is 1. The van der Waals surface area contributed by atoms with Crippen molar-refractivity contribution < 1.29 is 29.4 Å². The van der Waals surface area contributed by atoms with E-state index in [4.69, 9.17) is 5.11 Å². The highest BCUT2D eigenvalue weighted by Gasteiger charge is 2.23. The number of carbonyl (C=O) groups excluding carboxylic acids is 2. The fourth-order valence-corrected chi connectivity index (χ4v) is 5.12. The normalized spacial score (nSPS) is 11.3. The summed E-state index contributed by atoms with van der Waals surface area (Å²) in [7, 11) is 0. The summed E-state index contributed by atoms with van der Waals surface area (Å²) < 4.78 is 1.05. The first-order valence-corrected chi connectivity index (χ1v) is 13.5. The van der Waals surface area contributed by atoms with Gasteiger partial charge >= 0.3 is 11.9 Å². The average Bonchev–Trinajstić information content (AvgIpc) is 2.93. The number of anilines is 2. The van der Waals surface area contributed by atoms with Gasteiger partial charge in [-0.2, -0.15) is 0 Å². The molecule has 1 unspecified atom stereocenters. The molecular weight excluding hydrogens is 631 g/mol. The Morgan fingerprint density at radius 2 is 1.41 bits per heavy atom. The third-order valence-electron chi connectivity index (χ3n) is 5.54. The number of hydrogen-bond donors (Lipinski definition) is 4. The molecule has 10 heteroatoms. The molecule has 0 heterocycles. The minimum atomic E-state index is -1.42. The molecule has 0 aromatic heterocycles. The zero-order chi connectivity index (χ0) is 27.9. The lowest BCUT2D eigenvalue weighted by Gasteiger charge is -2.18. The molecular formula is C29H21IN2O6S. The van der Waals surface area contributed by atoms with Crippen LogP contribution in [0.2, 0.25) is 0 Å². The Bertz CT molecular complexity index is 1540. The molecule has 0 bridgehead atoms. The highest BCUT2D eigenvalue weighted by molar-refractivity contribution is 14.1. The predicted molar refractivity (Wildman–Crippen MR) is 158 cm³/mol. The third kappa shape index (κ3) is 7.24. The Morgan fingerprint density at radius 3 is 2.08 bits per heavy atom. The minimum Gasteiger partial charge on any atom is -0.478 e. The van der Waals surface area contributed by atoms with Gasteiger partial charge in [-0.3, -0.25) is 9.59 Å². The van der Waals surface area contributed by atoms with Gasteiger partial charge in [-0.1, -0.05) is 36.4 Å². The van der Waals surface area contributed by atoms with Crippen LogP contribution in [0.3, 0.4) is 0 Å². The maximum atomic E-state index is 13.3. The standard InChI is InChI=1S/C29H21IN2O6S/c30-19-10-12-20(13-11-19)31-27(34)25(17-5-2-1-3-6-17)39-22-8-4-7-21(16-22)32-26(33)23-14-9-18(28(35)36)15-24(23)29(37)38/h1-16,25H,(H,31,34)(H,32,33)(H,35,36)(H,37,38). The van der Waals surface area contributed by atoms with Crippen LogP contribution in [-0.2, 0) is 4.79 Å². The molecule has 4 aromatic rings. The lowest BCUT2D eigenvalue weighted by molar-refractivity contribution is -0.115. The van der Waals surface area contributed by atoms with Crippen LogP contribution in [-0.4, -0.2) is 34.0 Å². The number of hydrogen-bond acceptors (Lipinski definition) is 5. The van der Waals surface area contributed by atoms with Crippen LogP contribution in [0.1, 0.15) is 41.9 Å². The van der Waals surface area contributed by atoms with E-state index >= 15 is 0 Å². The molecule has 39 heavy (non-hydrogen) atoms. The Kier molecular flexibility index (Phi) is 8.99. The van der Waals surface area contributed by atoms with Crippen molar-refractivity contribution in [2.75, 3.05) is 10.6 Å². The second-order valence-corrected chi connectivity index (χ2v) is 10.7. The SMILES string of the molecule is O=C(O)c1ccc(C(=O)Nc2cccc(SC(C(=O)Nc3ccc(I)cc3)c3ccccc3)c2)c(C(=O)O)c1. The molecule has 0 saturated carbocycles. The van der Waals surface area contributed by atoms with Gasteiger partial charge in [-0.15, -0.1) is 11.8 Å². The molecule has 2 amide bonds. The average molecular weight is 652 g/mol. The second-order valence-electron chi connectivity index (χ2n) is 8.26. The molecule has 1 atom stereocenters. The number of aromatic carboxylic acids is 2. The topological polar surface area (TPSA) is 133 Å². The summed E-state index contributed by atoms with van der Waals surface area (Å²) in [5.74, 6) is -3.64. The van der Waals surface area contributed by atoms with Crippen LogP contribution in [0.15, 0.2) is 102 Å². The van der Waals surface area contributed by atoms with Gasteiger partial charge in [0.15, 0.2) is 0 Å². The number of thioether (sulfide) groups is 1. The van der Waals surface area contributed by atoms with E-state index < -0.39 is 28.7 Å². The Labute approximate surface area is 241 Å². The number of carboxylic acids is 2. The van der Waals surface area contributed by atoms with Crippen LogP contribution >= 0.6 is 34.4 Å². The number of amides is 2. The van der Waals surface area contributed by atoms with E-state index in [1.165, 1.54) is 23.9 Å². The van der Waals surface area contributed by atoms with Crippen molar-refractivity contribution >= 4 is 69.5 Å². The summed E-state index contributed by atoms with van der Waals surface area (Å²) in [5.41, 5.74) is 1.01. The van der Waals surface area contributed by atoms with E-state index in [1.807, 2.05) is 54.6 Å². The van der Waals surface area contributed by atoms with Crippen molar-refractivity contribution in [3.8, 4) is 0 Å². The summed E-state index contributed by atoms with van der Waals surface area (Å²) in [6.07, 6.45) is 0. The van der Waals surface area contributed by atoms with Gasteiger partial charge in [-0.05, 0) is 88.8 Å². The van der Waals surface area contributed by atoms with E-state index in [-0.39, 0.29) is 17.0 Å². The largest absolute Gasteiger partial charge is 0.478 e. The van der Waals surface area contributed by atoms with Crippen LogP contribution in [0.4, 0.5) is 11.4 Å². The van der Waals surface area contributed by atoms with Gasteiger partial charge in [0.05, 0.1) is 16.7 Å². The fraction of sp³-hybridized carbons (Fsp3) is 0.0345. The van der Waals surface area contributed by atoms with Crippen molar-refractivity contribution in [3.63, 3.8) is 0 Å². The van der Waals surface area contributed by atoms with Gasteiger partial charge < -0.3 is 20.8 Å². The monoisotopic (exact) mass is 652 g/mol. The van der Waals surface area contributed by atoms with Crippen molar-refractivity contribution in [1.82, 2.24) is 0 Å². The summed E-state index contributed by atoms with van der Waals surface area (Å²) in [4.78, 5) is 49.8. The molecule has 0 aliphatic rings. The minimum absolute atomic E-state index is 0.176. The zero-order valence-electron chi connectivity index (χ0n) is 20.1.